The van der Waals surface area contributed by atoms with Crippen molar-refractivity contribution in [1.82, 2.24) is 0 Å². The van der Waals surface area contributed by atoms with Gasteiger partial charge in [0.1, 0.15) is 11.8 Å². The van der Waals surface area contributed by atoms with Gasteiger partial charge in [-0.15, -0.1) is 0 Å². The van der Waals surface area contributed by atoms with E-state index < -0.39 is 0 Å². The summed E-state index contributed by atoms with van der Waals surface area (Å²) in [5.74, 6) is 0.781. The highest BCUT2D eigenvalue weighted by molar-refractivity contribution is 5.73. The van der Waals surface area contributed by atoms with Crippen LogP contribution in [0.5, 0.6) is 5.75 Å². The molecule has 1 heterocycles. The molecule has 0 saturated carbocycles. The normalized spacial score (nSPS) is 13.5. The van der Waals surface area contributed by atoms with Gasteiger partial charge in [0.05, 0.1) is 18.4 Å². The van der Waals surface area contributed by atoms with E-state index in [0.717, 1.165) is 30.8 Å². The summed E-state index contributed by atoms with van der Waals surface area (Å²) >= 11 is 0. The topological polar surface area (TPSA) is 36.3 Å². The minimum atomic E-state index is 0.684. The zero-order valence-electron chi connectivity index (χ0n) is 12.4. The third kappa shape index (κ3) is 2.45. The average molecular weight is 278 g/mol. The van der Waals surface area contributed by atoms with Crippen molar-refractivity contribution in [2.24, 2.45) is 0 Å². The highest BCUT2D eigenvalue weighted by atomic mass is 16.5. The molecule has 0 fully saturated rings. The maximum atomic E-state index is 9.39. The predicted octanol–water partition coefficient (Wildman–Crippen LogP) is 3.96. The maximum absolute atomic E-state index is 9.39. The van der Waals surface area contributed by atoms with Gasteiger partial charge in [-0.3, -0.25) is 0 Å². The minimum Gasteiger partial charge on any atom is -0.497 e. The van der Waals surface area contributed by atoms with Crippen LogP contribution in [0.4, 0.5) is 11.4 Å². The Bertz CT molecular complexity index is 716. The van der Waals surface area contributed by atoms with Gasteiger partial charge >= 0.3 is 0 Å². The Balaban J connectivity index is 2.12. The van der Waals surface area contributed by atoms with E-state index in [2.05, 4.69) is 36.1 Å². The highest BCUT2D eigenvalue weighted by Crippen LogP contribution is 2.37. The first-order chi connectivity index (χ1) is 10.2. The molecule has 0 unspecified atom stereocenters. The van der Waals surface area contributed by atoms with Crippen LogP contribution in [0.15, 0.2) is 36.4 Å². The number of nitriles is 1. The minimum absolute atomic E-state index is 0.684. The average Bonchev–Trinajstić information content (AvgIpc) is 2.53. The van der Waals surface area contributed by atoms with Crippen molar-refractivity contribution in [2.45, 2.75) is 19.8 Å². The Labute approximate surface area is 125 Å². The van der Waals surface area contributed by atoms with Crippen LogP contribution in [0.2, 0.25) is 0 Å². The van der Waals surface area contributed by atoms with E-state index in [4.69, 9.17) is 4.74 Å². The standard InChI is InChI=1S/C18H18N2O/c1-13-5-8-17-14(10-13)4-3-9-20(17)18-11-16(21-2)7-6-15(18)12-19/h5-8,10-11H,3-4,9H2,1-2H3. The molecule has 1 aliphatic rings. The zero-order valence-corrected chi connectivity index (χ0v) is 12.4. The van der Waals surface area contributed by atoms with Crippen molar-refractivity contribution in [3.8, 4) is 11.8 Å². The van der Waals surface area contributed by atoms with E-state index >= 15 is 0 Å². The lowest BCUT2D eigenvalue weighted by Crippen LogP contribution is -2.25. The zero-order chi connectivity index (χ0) is 14.8. The lowest BCUT2D eigenvalue weighted by molar-refractivity contribution is 0.415. The first-order valence-corrected chi connectivity index (χ1v) is 7.18. The second-order valence-corrected chi connectivity index (χ2v) is 5.38. The molecule has 2 aromatic carbocycles. The molecule has 0 spiro atoms. The number of hydrogen-bond donors (Lipinski definition) is 0. The van der Waals surface area contributed by atoms with Crippen LogP contribution in [0.3, 0.4) is 0 Å². The third-order valence-electron chi connectivity index (χ3n) is 3.97. The monoisotopic (exact) mass is 278 g/mol. The molecule has 3 nitrogen and oxygen atoms in total. The van der Waals surface area contributed by atoms with E-state index in [1.165, 1.54) is 16.8 Å². The predicted molar refractivity (Wildman–Crippen MR) is 84.2 cm³/mol. The van der Waals surface area contributed by atoms with Crippen LogP contribution in [0.1, 0.15) is 23.1 Å². The molecule has 21 heavy (non-hydrogen) atoms. The fourth-order valence-corrected chi connectivity index (χ4v) is 2.93. The van der Waals surface area contributed by atoms with Gasteiger partial charge in [0, 0.05) is 18.3 Å². The van der Waals surface area contributed by atoms with Crippen molar-refractivity contribution in [3.05, 3.63) is 53.1 Å². The third-order valence-corrected chi connectivity index (χ3v) is 3.97. The summed E-state index contributed by atoms with van der Waals surface area (Å²) < 4.78 is 5.32. The molecule has 0 amide bonds. The first kappa shape index (κ1) is 13.5. The smallest absolute Gasteiger partial charge is 0.121 e. The molecule has 0 N–H and O–H groups in total. The van der Waals surface area contributed by atoms with Crippen LogP contribution in [0.25, 0.3) is 0 Å². The number of rotatable bonds is 2. The van der Waals surface area contributed by atoms with Crippen molar-refractivity contribution >= 4 is 11.4 Å². The maximum Gasteiger partial charge on any atom is 0.121 e. The molecule has 0 radical (unpaired) electrons. The van der Waals surface area contributed by atoms with Crippen molar-refractivity contribution < 1.29 is 4.74 Å². The first-order valence-electron chi connectivity index (χ1n) is 7.18. The number of anilines is 2. The van der Waals surface area contributed by atoms with Crippen LogP contribution in [-0.2, 0) is 6.42 Å². The number of aryl methyl sites for hydroxylation is 2. The fraction of sp³-hybridized carbons (Fsp3) is 0.278. The molecular weight excluding hydrogens is 260 g/mol. The molecule has 3 heteroatoms. The number of benzene rings is 2. The molecule has 2 aromatic rings. The molecule has 0 atom stereocenters. The Morgan fingerprint density at radius 2 is 2.00 bits per heavy atom. The second kappa shape index (κ2) is 5.49. The second-order valence-electron chi connectivity index (χ2n) is 5.38. The molecule has 0 saturated heterocycles. The molecule has 3 rings (SSSR count). The van der Waals surface area contributed by atoms with Gasteiger partial charge in [0.25, 0.3) is 0 Å². The van der Waals surface area contributed by atoms with Gasteiger partial charge in [-0.1, -0.05) is 17.7 Å². The van der Waals surface area contributed by atoms with Gasteiger partial charge in [0.2, 0.25) is 0 Å². The summed E-state index contributed by atoms with van der Waals surface area (Å²) in [7, 11) is 1.65. The quantitative estimate of drug-likeness (QED) is 0.834. The van der Waals surface area contributed by atoms with Crippen LogP contribution < -0.4 is 9.64 Å². The lowest BCUT2D eigenvalue weighted by Gasteiger charge is -2.32. The molecule has 0 aliphatic carbocycles. The molecule has 106 valence electrons. The molecule has 1 aliphatic heterocycles. The number of nitrogens with zero attached hydrogens (tertiary/aromatic N) is 2. The Hall–Kier alpha value is -2.47. The number of fused-ring (bicyclic) bond motifs is 1. The van der Waals surface area contributed by atoms with Crippen molar-refractivity contribution in [1.29, 1.82) is 5.26 Å². The van der Waals surface area contributed by atoms with E-state index in [9.17, 15) is 5.26 Å². The number of hydrogen-bond acceptors (Lipinski definition) is 3. The van der Waals surface area contributed by atoms with Crippen LogP contribution in [-0.4, -0.2) is 13.7 Å². The van der Waals surface area contributed by atoms with E-state index in [0.29, 0.717) is 5.56 Å². The largest absolute Gasteiger partial charge is 0.497 e. The van der Waals surface area contributed by atoms with Crippen molar-refractivity contribution in [2.75, 3.05) is 18.6 Å². The molecule has 0 bridgehead atoms. The van der Waals surface area contributed by atoms with E-state index in [1.807, 2.05) is 18.2 Å². The Kier molecular flexibility index (Phi) is 3.53. The Morgan fingerprint density at radius 1 is 1.14 bits per heavy atom. The summed E-state index contributed by atoms with van der Waals surface area (Å²) in [5, 5.41) is 9.39. The van der Waals surface area contributed by atoms with Crippen LogP contribution in [0, 0.1) is 18.3 Å². The fourth-order valence-electron chi connectivity index (χ4n) is 2.93. The number of methoxy groups -OCH3 is 1. The summed E-state index contributed by atoms with van der Waals surface area (Å²) in [6.45, 7) is 3.05. The van der Waals surface area contributed by atoms with E-state index in [-0.39, 0.29) is 0 Å². The highest BCUT2D eigenvalue weighted by Gasteiger charge is 2.21. The Morgan fingerprint density at radius 3 is 2.76 bits per heavy atom. The number of ether oxygens (including phenoxy) is 1. The summed E-state index contributed by atoms with van der Waals surface area (Å²) in [6.07, 6.45) is 2.19. The SMILES string of the molecule is COc1ccc(C#N)c(N2CCCc3cc(C)ccc32)c1. The van der Waals surface area contributed by atoms with Gasteiger partial charge in [-0.25, -0.2) is 0 Å². The van der Waals surface area contributed by atoms with Crippen LogP contribution >= 0.6 is 0 Å². The van der Waals surface area contributed by atoms with Gasteiger partial charge in [-0.05, 0) is 43.5 Å². The lowest BCUT2D eigenvalue weighted by atomic mass is 9.98. The summed E-state index contributed by atoms with van der Waals surface area (Å²) in [4.78, 5) is 2.24. The molecule has 0 aromatic heterocycles. The summed E-state index contributed by atoms with van der Waals surface area (Å²) in [6, 6.07) is 14.4. The van der Waals surface area contributed by atoms with Gasteiger partial charge in [-0.2, -0.15) is 5.26 Å². The van der Waals surface area contributed by atoms with Gasteiger partial charge in [0.15, 0.2) is 0 Å². The van der Waals surface area contributed by atoms with Crippen molar-refractivity contribution in [3.63, 3.8) is 0 Å². The summed E-state index contributed by atoms with van der Waals surface area (Å²) in [5.41, 5.74) is 5.46. The van der Waals surface area contributed by atoms with Gasteiger partial charge < -0.3 is 9.64 Å². The van der Waals surface area contributed by atoms with E-state index in [1.54, 1.807) is 7.11 Å². The molecular formula is C18H18N2O.